The molecule has 28 heavy (non-hydrogen) atoms. The smallest absolute Gasteiger partial charge is 0.134 e. The van der Waals surface area contributed by atoms with Crippen LogP contribution in [-0.4, -0.2) is 28.9 Å². The monoisotopic (exact) mass is 399 g/mol. The summed E-state index contributed by atoms with van der Waals surface area (Å²) in [6, 6.07) is 2.35. The molecule has 152 valence electrons. The number of ether oxygens (including phenoxy) is 1. The summed E-state index contributed by atoms with van der Waals surface area (Å²) in [6.45, 7) is 12.3. The largest absolute Gasteiger partial charge is 0.381 e. The zero-order valence-corrected chi connectivity index (χ0v) is 18.6. The number of aryl methyl sites for hydroxylation is 2. The number of imidazole rings is 1. The van der Waals surface area contributed by atoms with Crippen LogP contribution < -0.4 is 0 Å². The molecule has 0 radical (unpaired) electrons. The van der Waals surface area contributed by atoms with Crippen molar-refractivity contribution in [2.75, 3.05) is 13.2 Å². The average molecular weight is 400 g/mol. The van der Waals surface area contributed by atoms with E-state index in [1.807, 2.05) is 24.3 Å². The van der Waals surface area contributed by atoms with Crippen LogP contribution in [0.2, 0.25) is 0 Å². The maximum atomic E-state index is 7.97. The van der Waals surface area contributed by atoms with Crippen LogP contribution >= 0.6 is 11.3 Å². The molecule has 2 aromatic rings. The fourth-order valence-electron chi connectivity index (χ4n) is 4.08. The van der Waals surface area contributed by atoms with Gasteiger partial charge in [0.25, 0.3) is 0 Å². The lowest BCUT2D eigenvalue weighted by Gasteiger charge is -2.20. The number of hydrogen-bond donors (Lipinski definition) is 2. The van der Waals surface area contributed by atoms with Crippen molar-refractivity contribution in [1.29, 1.82) is 5.41 Å². The van der Waals surface area contributed by atoms with Crippen molar-refractivity contribution in [3.8, 4) is 10.6 Å². The number of H-pyrrole nitrogens is 1. The molecule has 0 amide bonds. The Hall–Kier alpha value is -1.72. The number of nitrogens with zero attached hydrogens (tertiary/aromatic N) is 1. The lowest BCUT2D eigenvalue weighted by molar-refractivity contribution is 0.0860. The van der Waals surface area contributed by atoms with Crippen molar-refractivity contribution in [3.63, 3.8) is 0 Å². The Morgan fingerprint density at radius 1 is 1.32 bits per heavy atom. The molecule has 0 unspecified atom stereocenters. The summed E-state index contributed by atoms with van der Waals surface area (Å²) in [5.41, 5.74) is 5.22. The molecule has 3 heterocycles. The molecule has 0 spiro atoms. The zero-order chi connectivity index (χ0) is 20.3. The number of nitrogens with one attached hydrogen (secondary N) is 2. The Morgan fingerprint density at radius 3 is 2.61 bits per heavy atom. The highest BCUT2D eigenvalue weighted by Crippen LogP contribution is 2.40. The molecule has 0 saturated carbocycles. The van der Waals surface area contributed by atoms with Gasteiger partial charge >= 0.3 is 0 Å². The molecule has 5 heteroatoms. The molecule has 1 fully saturated rings. The Kier molecular flexibility index (Phi) is 6.89. The van der Waals surface area contributed by atoms with Gasteiger partial charge in [-0.25, -0.2) is 4.98 Å². The van der Waals surface area contributed by atoms with Crippen LogP contribution in [0, 0.1) is 25.2 Å². The Labute approximate surface area is 173 Å². The minimum Gasteiger partial charge on any atom is -0.381 e. The fourth-order valence-corrected chi connectivity index (χ4v) is 5.47. The van der Waals surface area contributed by atoms with Gasteiger partial charge in [-0.05, 0) is 81.6 Å². The van der Waals surface area contributed by atoms with E-state index in [9.17, 15) is 0 Å². The number of thiophene rings is 1. The second-order valence-electron chi connectivity index (χ2n) is 7.90. The van der Waals surface area contributed by atoms with E-state index in [0.717, 1.165) is 61.7 Å². The number of hydrogen-bond acceptors (Lipinski definition) is 4. The third-order valence-electron chi connectivity index (χ3n) is 5.73. The predicted molar refractivity (Wildman–Crippen MR) is 120 cm³/mol. The second-order valence-corrected chi connectivity index (χ2v) is 8.99. The van der Waals surface area contributed by atoms with Gasteiger partial charge in [-0.3, -0.25) is 0 Å². The van der Waals surface area contributed by atoms with Gasteiger partial charge in [0, 0.05) is 29.5 Å². The molecule has 4 nitrogen and oxygen atoms in total. The van der Waals surface area contributed by atoms with Crippen molar-refractivity contribution in [1.82, 2.24) is 9.97 Å². The molecule has 0 aromatic carbocycles. The molecule has 1 aliphatic rings. The maximum absolute atomic E-state index is 7.97. The van der Waals surface area contributed by atoms with E-state index in [1.54, 1.807) is 0 Å². The van der Waals surface area contributed by atoms with Crippen molar-refractivity contribution in [2.45, 2.75) is 66.2 Å². The molecule has 1 saturated heterocycles. The van der Waals surface area contributed by atoms with Gasteiger partial charge < -0.3 is 15.1 Å². The third-order valence-corrected chi connectivity index (χ3v) is 7.14. The summed E-state index contributed by atoms with van der Waals surface area (Å²) >= 11 is 1.89. The molecule has 2 aromatic heterocycles. The van der Waals surface area contributed by atoms with E-state index in [0.29, 0.717) is 17.5 Å². The van der Waals surface area contributed by atoms with Crippen LogP contribution in [0.3, 0.4) is 0 Å². The Bertz CT molecular complexity index is 851. The van der Waals surface area contributed by atoms with Gasteiger partial charge in [0.15, 0.2) is 0 Å². The number of aromatic amines is 1. The molecular weight excluding hydrogens is 366 g/mol. The summed E-state index contributed by atoms with van der Waals surface area (Å²) in [5, 5.41) is 7.97. The average Bonchev–Trinajstić information content (AvgIpc) is 3.25. The van der Waals surface area contributed by atoms with E-state index >= 15 is 0 Å². The van der Waals surface area contributed by atoms with Gasteiger partial charge in [-0.15, -0.1) is 11.3 Å². The molecule has 3 rings (SSSR count). The molecule has 0 atom stereocenters. The van der Waals surface area contributed by atoms with Gasteiger partial charge in [-0.2, -0.15) is 0 Å². The lowest BCUT2D eigenvalue weighted by atomic mass is 9.92. The number of allylic oxidation sites excluding steroid dienone is 2. The molecule has 2 N–H and O–H groups in total. The van der Waals surface area contributed by atoms with Crippen molar-refractivity contribution < 1.29 is 4.74 Å². The van der Waals surface area contributed by atoms with E-state index in [1.165, 1.54) is 15.3 Å². The summed E-state index contributed by atoms with van der Waals surface area (Å²) in [6.07, 6.45) is 6.32. The van der Waals surface area contributed by atoms with E-state index in [-0.39, 0.29) is 0 Å². The Morgan fingerprint density at radius 2 is 2.00 bits per heavy atom. The standard InChI is InChI=1S/C23H33N3OS/c1-6-17(7-2)19(13-15(4)24)23-25-16(5)21(26-23)22-14(3)12-20(28-22)18-8-10-27-11-9-18/h12-13,17-18,24H,6-11H2,1-5H3,(H,25,26)/b19-13-,24-15?. The molecule has 0 bridgehead atoms. The summed E-state index contributed by atoms with van der Waals surface area (Å²) < 4.78 is 5.53. The highest BCUT2D eigenvalue weighted by molar-refractivity contribution is 7.15. The van der Waals surface area contributed by atoms with Crippen LogP contribution in [0.5, 0.6) is 0 Å². The molecule has 1 aliphatic heterocycles. The molecule has 0 aliphatic carbocycles. The van der Waals surface area contributed by atoms with Crippen molar-refractivity contribution >= 4 is 22.6 Å². The van der Waals surface area contributed by atoms with Crippen LogP contribution in [0.1, 0.15) is 74.3 Å². The maximum Gasteiger partial charge on any atom is 0.134 e. The summed E-state index contributed by atoms with van der Waals surface area (Å²) in [7, 11) is 0. The first-order valence-corrected chi connectivity index (χ1v) is 11.3. The van der Waals surface area contributed by atoms with Gasteiger partial charge in [0.05, 0.1) is 4.88 Å². The van der Waals surface area contributed by atoms with Crippen molar-refractivity contribution in [2.24, 2.45) is 5.92 Å². The predicted octanol–water partition coefficient (Wildman–Crippen LogP) is 6.51. The zero-order valence-electron chi connectivity index (χ0n) is 17.8. The third kappa shape index (κ3) is 4.47. The quantitative estimate of drug-likeness (QED) is 0.521. The van der Waals surface area contributed by atoms with Gasteiger partial charge in [0.2, 0.25) is 0 Å². The first-order chi connectivity index (χ1) is 13.4. The highest BCUT2D eigenvalue weighted by atomic mass is 32.1. The van der Waals surface area contributed by atoms with E-state index in [2.05, 4.69) is 38.7 Å². The first kappa shape index (κ1) is 21.0. The Balaban J connectivity index is 1.97. The highest BCUT2D eigenvalue weighted by Gasteiger charge is 2.23. The fraction of sp³-hybridized carbons (Fsp3) is 0.565. The van der Waals surface area contributed by atoms with Crippen LogP contribution in [0.4, 0.5) is 0 Å². The minimum absolute atomic E-state index is 0.418. The lowest BCUT2D eigenvalue weighted by Crippen LogP contribution is -2.12. The topological polar surface area (TPSA) is 61.8 Å². The summed E-state index contributed by atoms with van der Waals surface area (Å²) in [5.74, 6) is 1.96. The number of aromatic nitrogens is 2. The van der Waals surface area contributed by atoms with Crippen LogP contribution in [0.25, 0.3) is 16.1 Å². The summed E-state index contributed by atoms with van der Waals surface area (Å²) in [4.78, 5) is 11.3. The van der Waals surface area contributed by atoms with Crippen LogP contribution in [-0.2, 0) is 4.74 Å². The first-order valence-electron chi connectivity index (χ1n) is 10.5. The van der Waals surface area contributed by atoms with Gasteiger partial charge in [0.1, 0.15) is 11.5 Å². The van der Waals surface area contributed by atoms with E-state index in [4.69, 9.17) is 15.1 Å². The van der Waals surface area contributed by atoms with Gasteiger partial charge in [-0.1, -0.05) is 13.8 Å². The minimum atomic E-state index is 0.418. The van der Waals surface area contributed by atoms with Crippen LogP contribution in [0.15, 0.2) is 12.1 Å². The second kappa shape index (κ2) is 9.19. The molecular formula is C23H33N3OS. The number of rotatable bonds is 7. The SMILES string of the molecule is CCC(CC)/C(=C/C(C)=N)c1nc(-c2sc(C3CCOCC3)cc2C)c(C)[nH]1. The van der Waals surface area contributed by atoms with Crippen molar-refractivity contribution in [3.05, 3.63) is 34.1 Å². The van der Waals surface area contributed by atoms with E-state index < -0.39 is 0 Å². The normalized spacial score (nSPS) is 16.1.